The molecule has 9 nitrogen and oxygen atoms in total. The Morgan fingerprint density at radius 1 is 1.00 bits per heavy atom. The number of aliphatic hydroxyl groups excluding tert-OH is 1. The number of aliphatic hydroxyl groups is 1. The van der Waals surface area contributed by atoms with Gasteiger partial charge in [-0.15, -0.1) is 10.2 Å². The van der Waals surface area contributed by atoms with Crippen molar-refractivity contribution in [2.45, 2.75) is 29.7 Å². The van der Waals surface area contributed by atoms with Crippen molar-refractivity contribution in [1.82, 2.24) is 10.2 Å². The maximum Gasteiger partial charge on any atom is 0.301 e. The molecule has 13 heteroatoms. The average Bonchev–Trinajstić information content (AvgIpc) is 3.65. The van der Waals surface area contributed by atoms with Crippen LogP contribution in [0.3, 0.4) is 0 Å². The zero-order valence-electron chi connectivity index (χ0n) is 25.5. The number of amides is 1. The number of aryl methyl sites for hydroxylation is 1. The molecule has 1 unspecified atom stereocenters. The third-order valence-corrected chi connectivity index (χ3v) is 10.2. The van der Waals surface area contributed by atoms with Gasteiger partial charge in [-0.1, -0.05) is 88.3 Å². The Hall–Kier alpha value is -4.55. The number of benzene rings is 4. The number of Topliss-reactive ketones (excluding diaryl/α,β-unsaturated/α-hetero) is 1. The van der Waals surface area contributed by atoms with Gasteiger partial charge in [0.15, 0.2) is 15.8 Å². The van der Waals surface area contributed by atoms with E-state index in [1.165, 1.54) is 35.9 Å². The molecule has 0 bridgehead atoms. The van der Waals surface area contributed by atoms with E-state index in [0.717, 1.165) is 28.0 Å². The lowest BCUT2D eigenvalue weighted by Gasteiger charge is -2.23. The first-order chi connectivity index (χ1) is 23.1. The highest BCUT2D eigenvalue weighted by atomic mass is 35.5. The van der Waals surface area contributed by atoms with Gasteiger partial charge in [0.1, 0.15) is 18.1 Å². The second kappa shape index (κ2) is 14.3. The topological polar surface area (TPSA) is 122 Å². The maximum absolute atomic E-state index is 13.7. The molecule has 0 spiro atoms. The Bertz CT molecular complexity index is 2050. The van der Waals surface area contributed by atoms with Gasteiger partial charge in [-0.05, 0) is 72.1 Å². The van der Waals surface area contributed by atoms with Gasteiger partial charge in [-0.2, -0.15) is 0 Å². The molecule has 2 heterocycles. The number of anilines is 1. The monoisotopic (exact) mass is 719 g/mol. The van der Waals surface area contributed by atoms with Crippen molar-refractivity contribution >= 4 is 68.9 Å². The molecular formula is C35H27Cl2N3O6S2. The molecule has 244 valence electrons. The number of phenols is 1. The molecule has 0 saturated carbocycles. The van der Waals surface area contributed by atoms with E-state index in [1.54, 1.807) is 42.5 Å². The van der Waals surface area contributed by atoms with Crippen LogP contribution in [0.25, 0.3) is 5.76 Å². The van der Waals surface area contributed by atoms with Gasteiger partial charge >= 0.3 is 5.91 Å². The van der Waals surface area contributed by atoms with Crippen LogP contribution in [0.1, 0.15) is 33.9 Å². The number of ketones is 1. The first-order valence-electron chi connectivity index (χ1n) is 14.5. The van der Waals surface area contributed by atoms with E-state index < -0.39 is 17.7 Å². The quantitative estimate of drug-likeness (QED) is 0.0482. The standard InChI is InChI=1S/C35H27Cl2N3O6S2/c1-19-4-3-5-20(14-19)17-46-25-11-7-21(8-12-25)31(42)29-30(22-9-13-27(41)28(15-22)45-2)40(33(44)32(29)43)34-38-39-35(48-34)47-18-23-6-10-24(36)16-26(23)37/h3-16,30,41-42H,17-18H2,1-2H3. The number of carbonyl (C=O) groups is 2. The summed E-state index contributed by atoms with van der Waals surface area (Å²) in [7, 11) is 1.39. The van der Waals surface area contributed by atoms with Crippen LogP contribution in [0.5, 0.6) is 17.2 Å². The number of rotatable bonds is 10. The number of carbonyl (C=O) groups excluding carboxylic acids is 2. The summed E-state index contributed by atoms with van der Waals surface area (Å²) >= 11 is 14.8. The molecule has 1 amide bonds. The fraction of sp³-hybridized carbons (Fsp3) is 0.143. The highest BCUT2D eigenvalue weighted by Crippen LogP contribution is 2.45. The number of aromatic hydroxyl groups is 1. The number of aromatic nitrogens is 2. The van der Waals surface area contributed by atoms with Gasteiger partial charge in [0.25, 0.3) is 5.78 Å². The number of thioether (sulfide) groups is 1. The highest BCUT2D eigenvalue weighted by Gasteiger charge is 2.48. The molecule has 1 atom stereocenters. The van der Waals surface area contributed by atoms with Crippen LogP contribution in [-0.4, -0.2) is 39.2 Å². The van der Waals surface area contributed by atoms with Crippen molar-refractivity contribution in [1.29, 1.82) is 0 Å². The summed E-state index contributed by atoms with van der Waals surface area (Å²) in [6.45, 7) is 2.37. The van der Waals surface area contributed by atoms with Crippen molar-refractivity contribution in [3.05, 3.63) is 128 Å². The van der Waals surface area contributed by atoms with E-state index in [4.69, 9.17) is 32.7 Å². The zero-order valence-corrected chi connectivity index (χ0v) is 28.7. The maximum atomic E-state index is 13.7. The highest BCUT2D eigenvalue weighted by molar-refractivity contribution is 8.00. The largest absolute Gasteiger partial charge is 0.507 e. The first kappa shape index (κ1) is 33.4. The molecule has 48 heavy (non-hydrogen) atoms. The molecule has 1 saturated heterocycles. The Kier molecular flexibility index (Phi) is 9.93. The number of hydrogen-bond acceptors (Lipinski definition) is 10. The summed E-state index contributed by atoms with van der Waals surface area (Å²) in [5.74, 6) is -1.15. The number of ether oxygens (including phenoxy) is 2. The molecule has 2 N–H and O–H groups in total. The summed E-state index contributed by atoms with van der Waals surface area (Å²) in [6, 6.07) is 23.1. The smallest absolute Gasteiger partial charge is 0.301 e. The molecule has 1 aliphatic heterocycles. The third kappa shape index (κ3) is 7.00. The van der Waals surface area contributed by atoms with Gasteiger partial charge in [0.05, 0.1) is 18.7 Å². The van der Waals surface area contributed by atoms with Crippen molar-refractivity contribution in [2.24, 2.45) is 0 Å². The van der Waals surface area contributed by atoms with E-state index in [1.807, 2.05) is 37.3 Å². The number of phenolic OH excluding ortho intramolecular Hbond substituents is 1. The third-order valence-electron chi connectivity index (χ3n) is 7.55. The van der Waals surface area contributed by atoms with Gasteiger partial charge in [0.2, 0.25) is 5.13 Å². The van der Waals surface area contributed by atoms with Gasteiger partial charge in [0, 0.05) is 21.4 Å². The molecule has 1 fully saturated rings. The number of halogens is 2. The van der Waals surface area contributed by atoms with Crippen LogP contribution in [0.15, 0.2) is 94.8 Å². The predicted molar refractivity (Wildman–Crippen MR) is 187 cm³/mol. The first-order valence-corrected chi connectivity index (χ1v) is 17.1. The van der Waals surface area contributed by atoms with Crippen LogP contribution in [0.2, 0.25) is 10.0 Å². The second-order valence-corrected chi connectivity index (χ2v) is 13.8. The number of nitrogens with zero attached hydrogens (tertiary/aromatic N) is 3. The zero-order chi connectivity index (χ0) is 33.9. The fourth-order valence-corrected chi connectivity index (χ4v) is 7.61. The minimum absolute atomic E-state index is 0.126. The Morgan fingerprint density at radius 3 is 2.52 bits per heavy atom. The normalized spacial score (nSPS) is 15.6. The van der Waals surface area contributed by atoms with Crippen molar-refractivity contribution in [2.75, 3.05) is 12.0 Å². The lowest BCUT2D eigenvalue weighted by molar-refractivity contribution is -0.132. The molecule has 4 aromatic carbocycles. The van der Waals surface area contributed by atoms with Crippen LogP contribution >= 0.6 is 46.3 Å². The molecular weight excluding hydrogens is 693 g/mol. The predicted octanol–water partition coefficient (Wildman–Crippen LogP) is 8.37. The van der Waals surface area contributed by atoms with Crippen molar-refractivity contribution in [3.8, 4) is 17.2 Å². The van der Waals surface area contributed by atoms with Crippen LogP contribution in [0.4, 0.5) is 5.13 Å². The van der Waals surface area contributed by atoms with Crippen LogP contribution in [-0.2, 0) is 21.9 Å². The lowest BCUT2D eigenvalue weighted by Crippen LogP contribution is -2.29. The summed E-state index contributed by atoms with van der Waals surface area (Å²) in [5.41, 5.74) is 3.53. The average molecular weight is 721 g/mol. The van der Waals surface area contributed by atoms with Crippen molar-refractivity contribution < 1.29 is 29.3 Å². The van der Waals surface area contributed by atoms with E-state index in [2.05, 4.69) is 10.2 Å². The lowest BCUT2D eigenvalue weighted by atomic mass is 9.95. The molecule has 1 aliphatic rings. The SMILES string of the molecule is COc1cc(C2C(=C(O)c3ccc(OCc4cccc(C)c4)cc3)C(=O)C(=O)N2c2nnc(SCc3ccc(Cl)cc3Cl)s2)ccc1O. The number of hydrogen-bond donors (Lipinski definition) is 2. The van der Waals surface area contributed by atoms with Crippen LogP contribution < -0.4 is 14.4 Å². The van der Waals surface area contributed by atoms with E-state index in [0.29, 0.717) is 43.6 Å². The van der Waals surface area contributed by atoms with E-state index in [-0.39, 0.29) is 28.0 Å². The van der Waals surface area contributed by atoms with Gasteiger partial charge in [-0.25, -0.2) is 0 Å². The molecule has 0 aliphatic carbocycles. The van der Waals surface area contributed by atoms with E-state index >= 15 is 0 Å². The summed E-state index contributed by atoms with van der Waals surface area (Å²) in [5, 5.41) is 31.5. The Balaban J connectivity index is 1.32. The Morgan fingerprint density at radius 2 is 1.79 bits per heavy atom. The fourth-order valence-electron chi connectivity index (χ4n) is 5.18. The molecule has 1 aromatic heterocycles. The molecule has 0 radical (unpaired) electrons. The summed E-state index contributed by atoms with van der Waals surface area (Å²) in [6.07, 6.45) is 0. The van der Waals surface area contributed by atoms with Gasteiger partial charge in [-0.3, -0.25) is 14.5 Å². The summed E-state index contributed by atoms with van der Waals surface area (Å²) in [4.78, 5) is 28.5. The summed E-state index contributed by atoms with van der Waals surface area (Å²) < 4.78 is 11.8. The molecule has 5 aromatic rings. The minimum Gasteiger partial charge on any atom is -0.507 e. The Labute approximate surface area is 294 Å². The molecule has 6 rings (SSSR count). The van der Waals surface area contributed by atoms with Crippen molar-refractivity contribution in [3.63, 3.8) is 0 Å². The minimum atomic E-state index is -1.10. The van der Waals surface area contributed by atoms with Gasteiger partial charge < -0.3 is 19.7 Å². The van der Waals surface area contributed by atoms with Crippen LogP contribution in [0, 0.1) is 6.92 Å². The van der Waals surface area contributed by atoms with E-state index in [9.17, 15) is 19.8 Å². The second-order valence-electron chi connectivity index (χ2n) is 10.8. The number of methoxy groups -OCH3 is 1.